The van der Waals surface area contributed by atoms with Crippen LogP contribution in [0.15, 0.2) is 47.5 Å². The quantitative estimate of drug-likeness (QED) is 0.355. The van der Waals surface area contributed by atoms with Crippen molar-refractivity contribution in [2.45, 2.75) is 50.5 Å². The third-order valence-electron chi connectivity index (χ3n) is 6.33. The van der Waals surface area contributed by atoms with Gasteiger partial charge >= 0.3 is 0 Å². The van der Waals surface area contributed by atoms with Crippen LogP contribution in [0.25, 0.3) is 0 Å². The number of hydrogen-bond acceptors (Lipinski definition) is 8. The number of aromatic nitrogens is 2. The maximum atomic E-state index is 12.0. The van der Waals surface area contributed by atoms with Crippen LogP contribution in [0.4, 0.5) is 23.1 Å². The minimum Gasteiger partial charge on any atom is -0.489 e. The molecule has 3 aromatic rings. The zero-order chi connectivity index (χ0) is 26.7. The number of aryl methyl sites for hydroxylation is 1. The van der Waals surface area contributed by atoms with E-state index in [0.29, 0.717) is 5.92 Å². The van der Waals surface area contributed by atoms with Gasteiger partial charge in [-0.25, -0.2) is 18.5 Å². The van der Waals surface area contributed by atoms with Gasteiger partial charge in [0.2, 0.25) is 16.0 Å². The molecular weight excluding hydrogens is 512 g/mol. The lowest BCUT2D eigenvalue weighted by atomic mass is 9.86. The molecule has 0 unspecified atom stereocenters. The Bertz CT molecular complexity index is 1370. The lowest BCUT2D eigenvalue weighted by Crippen LogP contribution is -2.29. The predicted octanol–water partition coefficient (Wildman–Crippen LogP) is 5.17. The van der Waals surface area contributed by atoms with E-state index in [4.69, 9.17) is 21.5 Å². The average molecular weight is 545 g/mol. The summed E-state index contributed by atoms with van der Waals surface area (Å²) < 4.78 is 30.2. The molecule has 198 valence electrons. The molecule has 11 heteroatoms. The number of nitrogens with two attached hydrogens (primary N) is 1. The molecule has 0 radical (unpaired) electrons. The molecule has 0 atom stereocenters. The van der Waals surface area contributed by atoms with Gasteiger partial charge < -0.3 is 20.3 Å². The van der Waals surface area contributed by atoms with Crippen LogP contribution in [0.2, 0.25) is 5.02 Å². The summed E-state index contributed by atoms with van der Waals surface area (Å²) in [6, 6.07) is 10.5. The number of likely N-dealkylation sites (tertiary alicyclic amines) is 1. The molecular formula is C26H33ClN6O3S. The fourth-order valence-corrected chi connectivity index (χ4v) is 5.33. The van der Waals surface area contributed by atoms with Gasteiger partial charge in [-0.1, -0.05) is 23.7 Å². The summed E-state index contributed by atoms with van der Waals surface area (Å²) in [6.07, 6.45) is 3.65. The van der Waals surface area contributed by atoms with Crippen LogP contribution < -0.4 is 20.5 Å². The molecule has 4 N–H and O–H groups in total. The van der Waals surface area contributed by atoms with Crippen molar-refractivity contribution in [1.29, 1.82) is 0 Å². The molecule has 37 heavy (non-hydrogen) atoms. The number of para-hydroxylation sites is 1. The van der Waals surface area contributed by atoms with Gasteiger partial charge in [-0.15, -0.1) is 0 Å². The summed E-state index contributed by atoms with van der Waals surface area (Å²) in [6.45, 7) is 8.24. The summed E-state index contributed by atoms with van der Waals surface area (Å²) >= 11 is 6.33. The maximum Gasteiger partial charge on any atom is 0.240 e. The maximum absolute atomic E-state index is 12.0. The van der Waals surface area contributed by atoms with Gasteiger partial charge in [0, 0.05) is 0 Å². The number of nitrogens with one attached hydrogen (secondary N) is 2. The van der Waals surface area contributed by atoms with E-state index in [9.17, 15) is 8.42 Å². The predicted molar refractivity (Wildman–Crippen MR) is 148 cm³/mol. The van der Waals surface area contributed by atoms with Gasteiger partial charge in [0.15, 0.2) is 5.82 Å². The highest BCUT2D eigenvalue weighted by atomic mass is 35.5. The van der Waals surface area contributed by atoms with E-state index in [1.54, 1.807) is 18.2 Å². The van der Waals surface area contributed by atoms with Gasteiger partial charge in [0.25, 0.3) is 0 Å². The van der Waals surface area contributed by atoms with E-state index < -0.39 is 10.0 Å². The van der Waals surface area contributed by atoms with Crippen molar-refractivity contribution >= 4 is 44.8 Å². The Morgan fingerprint density at radius 2 is 1.84 bits per heavy atom. The van der Waals surface area contributed by atoms with E-state index in [1.165, 1.54) is 23.4 Å². The van der Waals surface area contributed by atoms with Gasteiger partial charge in [-0.2, -0.15) is 4.98 Å². The minimum absolute atomic E-state index is 0.0216. The van der Waals surface area contributed by atoms with Gasteiger partial charge in [0.05, 0.1) is 23.7 Å². The number of ether oxygens (including phenoxy) is 1. The van der Waals surface area contributed by atoms with E-state index in [2.05, 4.69) is 51.6 Å². The first-order valence-electron chi connectivity index (χ1n) is 12.2. The smallest absolute Gasteiger partial charge is 0.240 e. The molecule has 1 saturated heterocycles. The third-order valence-corrected chi connectivity index (χ3v) is 7.57. The zero-order valence-corrected chi connectivity index (χ0v) is 23.0. The monoisotopic (exact) mass is 544 g/mol. The number of halogens is 1. The Balaban J connectivity index is 1.65. The summed E-state index contributed by atoms with van der Waals surface area (Å²) in [5, 5.41) is 11.8. The Hall–Kier alpha value is -2.92. The topological polar surface area (TPSA) is 122 Å². The molecule has 1 aliphatic heterocycles. The molecule has 4 rings (SSSR count). The van der Waals surface area contributed by atoms with Gasteiger partial charge in [0.1, 0.15) is 15.7 Å². The van der Waals surface area contributed by atoms with Crippen LogP contribution in [-0.2, 0) is 10.0 Å². The first-order valence-corrected chi connectivity index (χ1v) is 14.1. The van der Waals surface area contributed by atoms with Gasteiger partial charge in [-0.05, 0) is 95.1 Å². The molecule has 1 fully saturated rings. The van der Waals surface area contributed by atoms with Crippen molar-refractivity contribution in [2.75, 3.05) is 30.8 Å². The molecule has 1 aromatic heterocycles. The second kappa shape index (κ2) is 11.2. The SMILES string of the molecule is Cc1cc(Nc2ncc(Cl)c(Nc3ccccc3S(N)(=O)=O)n2)c(OC(C)C)cc1C1CCN(C)CC1. The lowest BCUT2D eigenvalue weighted by molar-refractivity contribution is 0.241. The largest absolute Gasteiger partial charge is 0.489 e. The Kier molecular flexibility index (Phi) is 8.23. The van der Waals surface area contributed by atoms with Crippen molar-refractivity contribution < 1.29 is 13.2 Å². The number of sulfonamides is 1. The van der Waals surface area contributed by atoms with E-state index in [-0.39, 0.29) is 33.5 Å². The van der Waals surface area contributed by atoms with Crippen LogP contribution in [0.1, 0.15) is 43.7 Å². The third kappa shape index (κ3) is 6.70. The Morgan fingerprint density at radius 1 is 1.14 bits per heavy atom. The fraction of sp³-hybridized carbons (Fsp3) is 0.385. The van der Waals surface area contributed by atoms with E-state index in [1.807, 2.05) is 13.8 Å². The highest BCUT2D eigenvalue weighted by Gasteiger charge is 2.22. The minimum atomic E-state index is -3.95. The van der Waals surface area contributed by atoms with Crippen LogP contribution >= 0.6 is 11.6 Å². The first-order chi connectivity index (χ1) is 17.5. The summed E-state index contributed by atoms with van der Waals surface area (Å²) in [5.74, 6) is 1.73. The van der Waals surface area contributed by atoms with Crippen molar-refractivity contribution in [2.24, 2.45) is 5.14 Å². The summed E-state index contributed by atoms with van der Waals surface area (Å²) in [4.78, 5) is 11.1. The molecule has 2 aromatic carbocycles. The van der Waals surface area contributed by atoms with Crippen molar-refractivity contribution in [3.8, 4) is 5.75 Å². The second-order valence-corrected chi connectivity index (χ2v) is 11.6. The standard InChI is InChI=1S/C26H33ClN6O3S/c1-16(2)36-23-14-19(18-9-11-33(4)12-10-18)17(3)13-22(23)31-26-29-15-20(27)25(32-26)30-21-7-5-6-8-24(21)37(28,34)35/h5-8,13-16,18H,9-12H2,1-4H3,(H2,28,34,35)(H2,29,30,31,32). The molecule has 0 spiro atoms. The highest BCUT2D eigenvalue weighted by Crippen LogP contribution is 2.38. The Labute approximate surface area is 223 Å². The molecule has 2 heterocycles. The van der Waals surface area contributed by atoms with E-state index >= 15 is 0 Å². The van der Waals surface area contributed by atoms with Crippen LogP contribution in [0.5, 0.6) is 5.75 Å². The first kappa shape index (κ1) is 27.1. The molecule has 0 saturated carbocycles. The van der Waals surface area contributed by atoms with Gasteiger partial charge in [-0.3, -0.25) is 0 Å². The molecule has 0 bridgehead atoms. The fourth-order valence-electron chi connectivity index (χ4n) is 4.49. The summed E-state index contributed by atoms with van der Waals surface area (Å²) in [7, 11) is -1.79. The van der Waals surface area contributed by atoms with Crippen LogP contribution in [0.3, 0.4) is 0 Å². The van der Waals surface area contributed by atoms with Crippen LogP contribution in [0, 0.1) is 6.92 Å². The normalized spacial score (nSPS) is 15.1. The van der Waals surface area contributed by atoms with E-state index in [0.717, 1.165) is 37.4 Å². The number of anilines is 4. The van der Waals surface area contributed by atoms with Crippen LogP contribution in [-0.4, -0.2) is 49.5 Å². The van der Waals surface area contributed by atoms with Crippen molar-refractivity contribution in [3.05, 3.63) is 58.7 Å². The number of benzene rings is 2. The second-order valence-electron chi connectivity index (χ2n) is 9.63. The zero-order valence-electron chi connectivity index (χ0n) is 21.5. The average Bonchev–Trinajstić information content (AvgIpc) is 2.83. The summed E-state index contributed by atoms with van der Waals surface area (Å²) in [5.41, 5.74) is 3.47. The highest BCUT2D eigenvalue weighted by molar-refractivity contribution is 7.89. The molecule has 1 aliphatic rings. The number of primary sulfonamides is 1. The van der Waals surface area contributed by atoms with Crippen molar-refractivity contribution in [3.63, 3.8) is 0 Å². The molecule has 0 aliphatic carbocycles. The number of hydrogen-bond donors (Lipinski definition) is 3. The lowest BCUT2D eigenvalue weighted by Gasteiger charge is -2.30. The Morgan fingerprint density at radius 3 is 2.51 bits per heavy atom. The van der Waals surface area contributed by atoms with Crippen molar-refractivity contribution in [1.82, 2.24) is 14.9 Å². The number of piperidine rings is 1. The molecule has 0 amide bonds. The molecule has 9 nitrogen and oxygen atoms in total. The number of rotatable bonds is 8. The number of nitrogens with zero attached hydrogens (tertiary/aromatic N) is 3.